The van der Waals surface area contributed by atoms with E-state index >= 15 is 0 Å². The van der Waals surface area contributed by atoms with Crippen LogP contribution in [0.3, 0.4) is 0 Å². The van der Waals surface area contributed by atoms with Crippen molar-refractivity contribution in [1.82, 2.24) is 34.7 Å². The molecule has 4 aromatic rings. The fraction of sp³-hybridized carbons (Fsp3) is 0.348. The molecule has 184 valence electrons. The van der Waals surface area contributed by atoms with Crippen LogP contribution in [0.2, 0.25) is 5.02 Å². The molecule has 0 aliphatic carbocycles. The molecule has 1 aliphatic rings. The Morgan fingerprint density at radius 2 is 2.03 bits per heavy atom. The number of hydrogen-bond donors (Lipinski definition) is 3. The van der Waals surface area contributed by atoms with Crippen molar-refractivity contribution in [3.05, 3.63) is 47.6 Å². The largest absolute Gasteiger partial charge is 0.392 e. The number of nitriles is 1. The molecule has 4 aromatic heterocycles. The molecule has 0 saturated carbocycles. The first kappa shape index (κ1) is 23.7. The van der Waals surface area contributed by atoms with Gasteiger partial charge in [-0.15, -0.1) is 10.2 Å². The first-order valence-corrected chi connectivity index (χ1v) is 11.9. The molecular formula is C23H24ClN11O. The minimum absolute atomic E-state index is 0.181. The number of fused-ring (bicyclic) bond motifs is 1. The van der Waals surface area contributed by atoms with Crippen molar-refractivity contribution in [1.29, 1.82) is 5.26 Å². The summed E-state index contributed by atoms with van der Waals surface area (Å²) in [4.78, 5) is 19.7. The van der Waals surface area contributed by atoms with Crippen molar-refractivity contribution in [2.75, 3.05) is 28.6 Å². The lowest BCUT2D eigenvalue weighted by Gasteiger charge is -2.33. The zero-order valence-electron chi connectivity index (χ0n) is 19.5. The van der Waals surface area contributed by atoms with E-state index in [9.17, 15) is 5.11 Å². The topological polar surface area (TPSA) is 154 Å². The standard InChI is InChI=1S/C23H24ClN11O/c1-14(36)12-35-13-28-22-19(35)8-17(10-26-22)30-23-27-11-18(24)21(31-23)29-15-4-6-34(7-5-15)20-3-2-16(9-25)32-33-20/h2-3,8,10-11,13-15,36H,4-7,12H2,1H3,(H2,27,29,30,31). The summed E-state index contributed by atoms with van der Waals surface area (Å²) in [7, 11) is 0. The van der Waals surface area contributed by atoms with E-state index < -0.39 is 6.10 Å². The van der Waals surface area contributed by atoms with Gasteiger partial charge in [-0.1, -0.05) is 11.6 Å². The molecule has 0 aromatic carbocycles. The van der Waals surface area contributed by atoms with Crippen LogP contribution in [0.1, 0.15) is 25.5 Å². The van der Waals surface area contributed by atoms with Gasteiger partial charge in [0.05, 0.1) is 36.0 Å². The number of aliphatic hydroxyl groups is 1. The molecule has 0 radical (unpaired) electrons. The second-order valence-electron chi connectivity index (χ2n) is 8.62. The Bertz CT molecular complexity index is 1390. The van der Waals surface area contributed by atoms with E-state index in [0.717, 1.165) is 37.3 Å². The molecule has 0 bridgehead atoms. The van der Waals surface area contributed by atoms with Crippen molar-refractivity contribution in [3.8, 4) is 6.07 Å². The third-order valence-electron chi connectivity index (χ3n) is 5.86. The molecule has 1 atom stereocenters. The number of nitrogens with one attached hydrogen (secondary N) is 2. The predicted octanol–water partition coefficient (Wildman–Crippen LogP) is 2.74. The molecule has 1 aliphatic heterocycles. The van der Waals surface area contributed by atoms with E-state index in [0.29, 0.717) is 40.4 Å². The number of halogens is 1. The van der Waals surface area contributed by atoms with Gasteiger partial charge in [0.1, 0.15) is 11.1 Å². The van der Waals surface area contributed by atoms with Gasteiger partial charge in [-0.3, -0.25) is 0 Å². The van der Waals surface area contributed by atoms with E-state index in [4.69, 9.17) is 16.9 Å². The number of hydrogen-bond acceptors (Lipinski definition) is 11. The summed E-state index contributed by atoms with van der Waals surface area (Å²) < 4.78 is 1.85. The number of rotatable bonds is 7. The van der Waals surface area contributed by atoms with Crippen LogP contribution >= 0.6 is 11.6 Å². The van der Waals surface area contributed by atoms with E-state index in [2.05, 4.69) is 45.7 Å². The number of nitrogens with zero attached hydrogens (tertiary/aromatic N) is 9. The van der Waals surface area contributed by atoms with Gasteiger partial charge >= 0.3 is 0 Å². The van der Waals surface area contributed by atoms with Crippen molar-refractivity contribution >= 4 is 46.0 Å². The Kier molecular flexibility index (Phi) is 6.75. The molecular weight excluding hydrogens is 482 g/mol. The lowest BCUT2D eigenvalue weighted by molar-refractivity contribution is 0.175. The van der Waals surface area contributed by atoms with Crippen molar-refractivity contribution in [2.24, 2.45) is 0 Å². The molecule has 1 fully saturated rings. The molecule has 36 heavy (non-hydrogen) atoms. The fourth-order valence-corrected chi connectivity index (χ4v) is 4.24. The van der Waals surface area contributed by atoms with Gasteiger partial charge in [0.15, 0.2) is 23.0 Å². The highest BCUT2D eigenvalue weighted by Crippen LogP contribution is 2.26. The fourth-order valence-electron chi connectivity index (χ4n) is 4.10. The smallest absolute Gasteiger partial charge is 0.229 e. The van der Waals surface area contributed by atoms with Crippen LogP contribution < -0.4 is 15.5 Å². The summed E-state index contributed by atoms with van der Waals surface area (Å²) in [5, 5.41) is 33.7. The average Bonchev–Trinajstić information content (AvgIpc) is 3.28. The Balaban J connectivity index is 1.24. The van der Waals surface area contributed by atoms with Gasteiger partial charge in [-0.25, -0.2) is 15.0 Å². The number of imidazole rings is 1. The van der Waals surface area contributed by atoms with Gasteiger partial charge in [-0.05, 0) is 38.0 Å². The van der Waals surface area contributed by atoms with E-state index in [-0.39, 0.29) is 6.04 Å². The monoisotopic (exact) mass is 505 g/mol. The molecule has 0 spiro atoms. The predicted molar refractivity (Wildman–Crippen MR) is 135 cm³/mol. The number of aliphatic hydroxyl groups excluding tert-OH is 1. The van der Waals surface area contributed by atoms with Crippen LogP contribution in [0, 0.1) is 11.3 Å². The average molecular weight is 506 g/mol. The maximum absolute atomic E-state index is 9.73. The van der Waals surface area contributed by atoms with Gasteiger partial charge < -0.3 is 25.2 Å². The van der Waals surface area contributed by atoms with Crippen LogP contribution in [0.25, 0.3) is 11.2 Å². The number of pyridine rings is 1. The third kappa shape index (κ3) is 5.27. The molecule has 12 nitrogen and oxygen atoms in total. The van der Waals surface area contributed by atoms with Crippen LogP contribution in [-0.4, -0.2) is 65.0 Å². The molecule has 13 heteroatoms. The van der Waals surface area contributed by atoms with Gasteiger partial charge in [-0.2, -0.15) is 10.2 Å². The van der Waals surface area contributed by atoms with Gasteiger partial charge in [0, 0.05) is 25.7 Å². The molecule has 0 amide bonds. The first-order valence-electron chi connectivity index (χ1n) is 11.5. The van der Waals surface area contributed by atoms with E-state index in [1.54, 1.807) is 31.7 Å². The van der Waals surface area contributed by atoms with Crippen LogP contribution in [0.15, 0.2) is 36.9 Å². The van der Waals surface area contributed by atoms with Gasteiger partial charge in [0.2, 0.25) is 5.95 Å². The highest BCUT2D eigenvalue weighted by atomic mass is 35.5. The molecule has 3 N–H and O–H groups in total. The normalized spacial score (nSPS) is 15.0. The van der Waals surface area contributed by atoms with Crippen molar-refractivity contribution in [3.63, 3.8) is 0 Å². The Morgan fingerprint density at radius 1 is 1.19 bits per heavy atom. The summed E-state index contributed by atoms with van der Waals surface area (Å²) >= 11 is 6.39. The number of aromatic nitrogens is 7. The molecule has 5 heterocycles. The van der Waals surface area contributed by atoms with Crippen LogP contribution in [0.5, 0.6) is 0 Å². The number of piperidine rings is 1. The maximum atomic E-state index is 9.73. The van der Waals surface area contributed by atoms with Gasteiger partial charge in [0.25, 0.3) is 0 Å². The summed E-state index contributed by atoms with van der Waals surface area (Å²) in [5.41, 5.74) is 2.39. The number of anilines is 4. The Morgan fingerprint density at radius 3 is 2.75 bits per heavy atom. The van der Waals surface area contributed by atoms with Crippen molar-refractivity contribution < 1.29 is 5.11 Å². The minimum Gasteiger partial charge on any atom is -0.392 e. The van der Waals surface area contributed by atoms with Crippen LogP contribution in [-0.2, 0) is 6.54 Å². The molecule has 1 unspecified atom stereocenters. The van der Waals surface area contributed by atoms with Crippen molar-refractivity contribution in [2.45, 2.75) is 38.5 Å². The second-order valence-corrected chi connectivity index (χ2v) is 9.03. The maximum Gasteiger partial charge on any atom is 0.229 e. The summed E-state index contributed by atoms with van der Waals surface area (Å²) in [5.74, 6) is 1.70. The summed E-state index contributed by atoms with van der Waals surface area (Å²) in [6.07, 6.45) is 6.10. The SMILES string of the molecule is CC(O)Cn1cnc2ncc(Nc3ncc(Cl)c(NC4CCN(c5ccc(C#N)nn5)CC4)n3)cc21. The lowest BCUT2D eigenvalue weighted by Crippen LogP contribution is -2.39. The van der Waals surface area contributed by atoms with Crippen LogP contribution in [0.4, 0.5) is 23.3 Å². The summed E-state index contributed by atoms with van der Waals surface area (Å²) in [6.45, 7) is 3.72. The minimum atomic E-state index is -0.504. The van der Waals surface area contributed by atoms with E-state index in [1.807, 2.05) is 22.8 Å². The second kappa shape index (κ2) is 10.3. The summed E-state index contributed by atoms with van der Waals surface area (Å²) in [6, 6.07) is 7.56. The zero-order chi connectivity index (χ0) is 25.1. The lowest BCUT2D eigenvalue weighted by atomic mass is 10.1. The highest BCUT2D eigenvalue weighted by Gasteiger charge is 2.22. The first-order chi connectivity index (χ1) is 17.5. The Hall–Kier alpha value is -4.08. The molecule has 5 rings (SSSR count). The zero-order valence-corrected chi connectivity index (χ0v) is 20.3. The quantitative estimate of drug-likeness (QED) is 0.339. The Labute approximate surface area is 212 Å². The van der Waals surface area contributed by atoms with E-state index in [1.165, 1.54) is 0 Å². The highest BCUT2D eigenvalue weighted by molar-refractivity contribution is 6.32. The third-order valence-corrected chi connectivity index (χ3v) is 6.14. The molecule has 1 saturated heterocycles.